The van der Waals surface area contributed by atoms with Crippen LogP contribution >= 0.6 is 11.6 Å². The SMILES string of the molecule is COC(=O)c1ccccc1Oc1ccc(OC(F)(F)F)cc1CCC(=O)Cl. The molecule has 0 aromatic heterocycles. The molecule has 0 heterocycles. The number of esters is 1. The molecule has 9 heteroatoms. The number of rotatable bonds is 7. The second-order valence-electron chi connectivity index (χ2n) is 5.26. The summed E-state index contributed by atoms with van der Waals surface area (Å²) >= 11 is 5.32. The van der Waals surface area contributed by atoms with Crippen molar-refractivity contribution in [2.24, 2.45) is 0 Å². The topological polar surface area (TPSA) is 61.8 Å². The van der Waals surface area contributed by atoms with Crippen molar-refractivity contribution in [1.82, 2.24) is 0 Å². The summed E-state index contributed by atoms with van der Waals surface area (Å²) in [6, 6.07) is 9.62. The van der Waals surface area contributed by atoms with Crippen LogP contribution in [0, 0.1) is 0 Å². The minimum absolute atomic E-state index is 0.0209. The molecule has 5 nitrogen and oxygen atoms in total. The normalized spacial score (nSPS) is 11.0. The maximum absolute atomic E-state index is 12.4. The van der Waals surface area contributed by atoms with E-state index in [9.17, 15) is 22.8 Å². The van der Waals surface area contributed by atoms with Gasteiger partial charge in [-0.3, -0.25) is 4.79 Å². The Morgan fingerprint density at radius 2 is 1.78 bits per heavy atom. The summed E-state index contributed by atoms with van der Waals surface area (Å²) in [5.41, 5.74) is 0.389. The van der Waals surface area contributed by atoms with Crippen molar-refractivity contribution in [1.29, 1.82) is 0 Å². The van der Waals surface area contributed by atoms with Gasteiger partial charge in [0, 0.05) is 6.42 Å². The summed E-state index contributed by atoms with van der Waals surface area (Å²) < 4.78 is 51.6. The van der Waals surface area contributed by atoms with Crippen LogP contribution in [0.3, 0.4) is 0 Å². The molecule has 2 rings (SSSR count). The molecule has 0 atom stereocenters. The standard InChI is InChI=1S/C18H14ClF3O5/c1-25-17(24)13-4-2-3-5-15(13)26-14-8-7-12(27-18(20,21)22)10-11(14)6-9-16(19)23/h2-5,7-8,10H,6,9H2,1H3. The number of carbonyl (C=O) groups excluding carboxylic acids is 2. The number of hydrogen-bond donors (Lipinski definition) is 0. The molecule has 0 aliphatic carbocycles. The van der Waals surface area contributed by atoms with Gasteiger partial charge in [-0.25, -0.2) is 4.79 Å². The van der Waals surface area contributed by atoms with Crippen LogP contribution in [-0.2, 0) is 16.0 Å². The Bertz CT molecular complexity index is 836. The molecular weight excluding hydrogens is 389 g/mol. The van der Waals surface area contributed by atoms with Crippen molar-refractivity contribution in [3.8, 4) is 17.2 Å². The monoisotopic (exact) mass is 402 g/mol. The van der Waals surface area contributed by atoms with Gasteiger partial charge in [0.2, 0.25) is 5.24 Å². The number of alkyl halides is 3. The van der Waals surface area contributed by atoms with Crippen LogP contribution < -0.4 is 9.47 Å². The molecule has 0 aliphatic rings. The number of para-hydroxylation sites is 1. The predicted molar refractivity (Wildman–Crippen MR) is 90.2 cm³/mol. The molecule has 0 radical (unpaired) electrons. The van der Waals surface area contributed by atoms with E-state index in [-0.39, 0.29) is 35.5 Å². The van der Waals surface area contributed by atoms with Gasteiger partial charge in [-0.2, -0.15) is 0 Å². The maximum atomic E-state index is 12.4. The summed E-state index contributed by atoms with van der Waals surface area (Å²) in [6.45, 7) is 0. The van der Waals surface area contributed by atoms with Gasteiger partial charge in [0.15, 0.2) is 0 Å². The first kappa shape index (κ1) is 20.6. The van der Waals surface area contributed by atoms with E-state index in [1.54, 1.807) is 12.1 Å². The zero-order chi connectivity index (χ0) is 20.0. The predicted octanol–water partition coefficient (Wildman–Crippen LogP) is 4.86. The zero-order valence-corrected chi connectivity index (χ0v) is 14.8. The van der Waals surface area contributed by atoms with Crippen LogP contribution in [0.25, 0.3) is 0 Å². The Hall–Kier alpha value is -2.74. The number of benzene rings is 2. The minimum Gasteiger partial charge on any atom is -0.465 e. The molecule has 0 N–H and O–H groups in total. The summed E-state index contributed by atoms with van der Waals surface area (Å²) in [6.07, 6.45) is -4.96. The molecule has 0 aliphatic heterocycles. The maximum Gasteiger partial charge on any atom is 0.573 e. The minimum atomic E-state index is -4.86. The van der Waals surface area contributed by atoms with Crippen LogP contribution in [0.1, 0.15) is 22.3 Å². The van der Waals surface area contributed by atoms with Gasteiger partial charge >= 0.3 is 12.3 Å². The fourth-order valence-corrected chi connectivity index (χ4v) is 2.33. The molecule has 27 heavy (non-hydrogen) atoms. The zero-order valence-electron chi connectivity index (χ0n) is 14.0. The van der Waals surface area contributed by atoms with Crippen LogP contribution in [-0.4, -0.2) is 24.7 Å². The number of aryl methyl sites for hydroxylation is 1. The molecule has 144 valence electrons. The van der Waals surface area contributed by atoms with Crippen LogP contribution in [0.15, 0.2) is 42.5 Å². The summed E-state index contributed by atoms with van der Waals surface area (Å²) in [5.74, 6) is -0.806. The van der Waals surface area contributed by atoms with Gasteiger partial charge in [-0.05, 0) is 53.9 Å². The Labute approximate surface area is 157 Å². The van der Waals surface area contributed by atoms with Crippen molar-refractivity contribution < 1.29 is 37.0 Å². The third-order valence-corrected chi connectivity index (χ3v) is 3.56. The number of carbonyl (C=O) groups is 2. The van der Waals surface area contributed by atoms with Crippen molar-refractivity contribution in [2.75, 3.05) is 7.11 Å². The van der Waals surface area contributed by atoms with E-state index in [0.29, 0.717) is 0 Å². The van der Waals surface area contributed by atoms with E-state index in [1.807, 2.05) is 0 Å². The largest absolute Gasteiger partial charge is 0.573 e. The summed E-state index contributed by atoms with van der Waals surface area (Å²) in [7, 11) is 1.21. The second kappa shape index (κ2) is 8.77. The first-order chi connectivity index (χ1) is 12.7. The lowest BCUT2D eigenvalue weighted by atomic mass is 10.1. The molecule has 0 saturated heterocycles. The third kappa shape index (κ3) is 6.18. The highest BCUT2D eigenvalue weighted by atomic mass is 35.5. The molecule has 0 fully saturated rings. The Kier molecular flexibility index (Phi) is 6.68. The van der Waals surface area contributed by atoms with Gasteiger partial charge in [-0.15, -0.1) is 13.2 Å². The average molecular weight is 403 g/mol. The van der Waals surface area contributed by atoms with Gasteiger partial charge < -0.3 is 14.2 Å². The van der Waals surface area contributed by atoms with E-state index >= 15 is 0 Å². The van der Waals surface area contributed by atoms with E-state index in [1.165, 1.54) is 25.3 Å². The van der Waals surface area contributed by atoms with E-state index in [4.69, 9.17) is 16.3 Å². The molecule has 0 spiro atoms. The lowest BCUT2D eigenvalue weighted by Crippen LogP contribution is -2.17. The van der Waals surface area contributed by atoms with E-state index in [0.717, 1.165) is 12.1 Å². The first-order valence-electron chi connectivity index (χ1n) is 7.62. The van der Waals surface area contributed by atoms with Gasteiger partial charge in [-0.1, -0.05) is 12.1 Å². The molecule has 0 unspecified atom stereocenters. The fourth-order valence-electron chi connectivity index (χ4n) is 2.23. The first-order valence-corrected chi connectivity index (χ1v) is 7.99. The molecule has 0 amide bonds. The number of hydrogen-bond acceptors (Lipinski definition) is 5. The quantitative estimate of drug-likeness (QED) is 0.489. The summed E-state index contributed by atoms with van der Waals surface area (Å²) in [4.78, 5) is 22.9. The molecule has 0 bridgehead atoms. The molecule has 2 aromatic rings. The van der Waals surface area contributed by atoms with Crippen LogP contribution in [0.2, 0.25) is 0 Å². The number of halogens is 4. The average Bonchev–Trinajstić information content (AvgIpc) is 2.60. The highest BCUT2D eigenvalue weighted by Crippen LogP contribution is 2.33. The van der Waals surface area contributed by atoms with Gasteiger partial charge in [0.05, 0.1) is 7.11 Å². The van der Waals surface area contributed by atoms with Gasteiger partial charge in [0.1, 0.15) is 22.8 Å². The Balaban J connectivity index is 2.37. The van der Waals surface area contributed by atoms with Gasteiger partial charge in [0.25, 0.3) is 0 Å². The summed E-state index contributed by atoms with van der Waals surface area (Å²) in [5, 5.41) is -0.655. The molecule has 2 aromatic carbocycles. The van der Waals surface area contributed by atoms with E-state index in [2.05, 4.69) is 9.47 Å². The highest BCUT2D eigenvalue weighted by Gasteiger charge is 2.31. The van der Waals surface area contributed by atoms with Crippen molar-refractivity contribution in [3.63, 3.8) is 0 Å². The Morgan fingerprint density at radius 1 is 1.07 bits per heavy atom. The van der Waals surface area contributed by atoms with E-state index < -0.39 is 23.3 Å². The Morgan fingerprint density at radius 3 is 2.41 bits per heavy atom. The van der Waals surface area contributed by atoms with Crippen LogP contribution in [0.4, 0.5) is 13.2 Å². The molecule has 0 saturated carbocycles. The van der Waals surface area contributed by atoms with Crippen molar-refractivity contribution in [2.45, 2.75) is 19.2 Å². The lowest BCUT2D eigenvalue weighted by Gasteiger charge is -2.15. The number of ether oxygens (including phenoxy) is 3. The second-order valence-corrected chi connectivity index (χ2v) is 5.68. The smallest absolute Gasteiger partial charge is 0.465 e. The third-order valence-electron chi connectivity index (χ3n) is 3.37. The van der Waals surface area contributed by atoms with Crippen molar-refractivity contribution in [3.05, 3.63) is 53.6 Å². The van der Waals surface area contributed by atoms with Crippen LogP contribution in [0.5, 0.6) is 17.2 Å². The lowest BCUT2D eigenvalue weighted by molar-refractivity contribution is -0.274. The fraction of sp³-hybridized carbons (Fsp3) is 0.222. The highest BCUT2D eigenvalue weighted by molar-refractivity contribution is 6.63. The van der Waals surface area contributed by atoms with Crippen molar-refractivity contribution >= 4 is 22.8 Å². The number of methoxy groups -OCH3 is 1. The molecular formula is C18H14ClF3O5.